The minimum atomic E-state index is -0.267. The first kappa shape index (κ1) is 18.7. The SMILES string of the molecule is CN(Cc1ccccc1Br)C(=O)Nc1ccc(Cl)c(C(=O)NC2CC2)c1. The molecule has 3 rings (SSSR count). The molecule has 0 bridgehead atoms. The van der Waals surface area contributed by atoms with Crippen molar-refractivity contribution in [1.29, 1.82) is 0 Å². The number of halogens is 2. The van der Waals surface area contributed by atoms with Crippen molar-refractivity contribution in [2.75, 3.05) is 12.4 Å². The zero-order chi connectivity index (χ0) is 18.7. The van der Waals surface area contributed by atoms with E-state index >= 15 is 0 Å². The number of carbonyl (C=O) groups is 2. The molecule has 1 saturated carbocycles. The number of benzene rings is 2. The molecule has 0 aromatic heterocycles. The zero-order valence-electron chi connectivity index (χ0n) is 14.3. The Kier molecular flexibility index (Phi) is 5.84. The van der Waals surface area contributed by atoms with Crippen LogP contribution in [0.3, 0.4) is 0 Å². The van der Waals surface area contributed by atoms with Crippen LogP contribution in [-0.2, 0) is 6.54 Å². The Hall–Kier alpha value is -2.05. The van der Waals surface area contributed by atoms with Crippen LogP contribution in [0.1, 0.15) is 28.8 Å². The Morgan fingerprint density at radius 2 is 1.96 bits per heavy atom. The van der Waals surface area contributed by atoms with E-state index in [1.807, 2.05) is 24.3 Å². The molecule has 0 aliphatic heterocycles. The lowest BCUT2D eigenvalue weighted by molar-refractivity contribution is 0.0951. The van der Waals surface area contributed by atoms with Gasteiger partial charge in [0.05, 0.1) is 10.6 Å². The molecule has 0 heterocycles. The maximum absolute atomic E-state index is 12.4. The van der Waals surface area contributed by atoms with Gasteiger partial charge in [0.25, 0.3) is 5.91 Å². The second-order valence-corrected chi connectivity index (χ2v) is 7.58. The quantitative estimate of drug-likeness (QED) is 0.716. The van der Waals surface area contributed by atoms with E-state index in [4.69, 9.17) is 11.6 Å². The van der Waals surface area contributed by atoms with Crippen LogP contribution < -0.4 is 10.6 Å². The average molecular weight is 437 g/mol. The lowest BCUT2D eigenvalue weighted by Gasteiger charge is -2.19. The van der Waals surface area contributed by atoms with E-state index in [-0.39, 0.29) is 18.0 Å². The minimum absolute atomic E-state index is 0.213. The topological polar surface area (TPSA) is 61.4 Å². The summed E-state index contributed by atoms with van der Waals surface area (Å²) in [5, 5.41) is 6.07. The summed E-state index contributed by atoms with van der Waals surface area (Å²) in [6, 6.07) is 12.6. The van der Waals surface area contributed by atoms with Gasteiger partial charge >= 0.3 is 6.03 Å². The van der Waals surface area contributed by atoms with Crippen LogP contribution in [0.25, 0.3) is 0 Å². The predicted molar refractivity (Wildman–Crippen MR) is 107 cm³/mol. The Morgan fingerprint density at radius 3 is 2.65 bits per heavy atom. The maximum Gasteiger partial charge on any atom is 0.321 e. The molecule has 7 heteroatoms. The molecule has 2 N–H and O–H groups in total. The molecule has 1 aliphatic carbocycles. The van der Waals surface area contributed by atoms with Crippen LogP contribution in [0.4, 0.5) is 10.5 Å². The van der Waals surface area contributed by atoms with Gasteiger partial charge in [-0.3, -0.25) is 4.79 Å². The highest BCUT2D eigenvalue weighted by molar-refractivity contribution is 9.10. The van der Waals surface area contributed by atoms with E-state index in [1.165, 1.54) is 0 Å². The normalized spacial score (nSPS) is 13.2. The molecular weight excluding hydrogens is 418 g/mol. The summed E-state index contributed by atoms with van der Waals surface area (Å²) < 4.78 is 0.949. The molecule has 2 aromatic rings. The first-order valence-electron chi connectivity index (χ1n) is 8.30. The molecule has 1 aliphatic rings. The summed E-state index contributed by atoms with van der Waals surface area (Å²) in [6.07, 6.45) is 2.00. The van der Waals surface area contributed by atoms with Crippen LogP contribution in [0.15, 0.2) is 46.9 Å². The number of amides is 3. The van der Waals surface area contributed by atoms with Crippen molar-refractivity contribution in [3.8, 4) is 0 Å². The molecule has 1 fully saturated rings. The number of anilines is 1. The van der Waals surface area contributed by atoms with Gasteiger partial charge in [0.1, 0.15) is 0 Å². The third-order valence-corrected chi connectivity index (χ3v) is 5.19. The highest BCUT2D eigenvalue weighted by Crippen LogP contribution is 2.24. The molecule has 5 nitrogen and oxygen atoms in total. The number of hydrogen-bond donors (Lipinski definition) is 2. The monoisotopic (exact) mass is 435 g/mol. The minimum Gasteiger partial charge on any atom is -0.349 e. The van der Waals surface area contributed by atoms with Crippen LogP contribution in [0.2, 0.25) is 5.02 Å². The molecule has 0 atom stereocenters. The first-order chi connectivity index (χ1) is 12.4. The fourth-order valence-corrected chi connectivity index (χ4v) is 3.05. The molecule has 0 saturated heterocycles. The van der Waals surface area contributed by atoms with Crippen molar-refractivity contribution in [2.24, 2.45) is 0 Å². The third kappa shape index (κ3) is 4.77. The summed E-state index contributed by atoms with van der Waals surface area (Å²) in [5.41, 5.74) is 1.90. The van der Waals surface area contributed by atoms with Crippen LogP contribution in [0.5, 0.6) is 0 Å². The van der Waals surface area contributed by atoms with Crippen molar-refractivity contribution in [2.45, 2.75) is 25.4 Å². The molecule has 2 aromatic carbocycles. The Labute approximate surface area is 165 Å². The third-order valence-electron chi connectivity index (χ3n) is 4.09. The van der Waals surface area contributed by atoms with Crippen molar-refractivity contribution < 1.29 is 9.59 Å². The fourth-order valence-electron chi connectivity index (χ4n) is 2.44. The number of nitrogens with zero attached hydrogens (tertiary/aromatic N) is 1. The largest absolute Gasteiger partial charge is 0.349 e. The highest BCUT2D eigenvalue weighted by Gasteiger charge is 2.25. The summed E-state index contributed by atoms with van der Waals surface area (Å²) in [5.74, 6) is -0.213. The molecular formula is C19H19BrClN3O2. The van der Waals surface area contributed by atoms with Crippen LogP contribution in [-0.4, -0.2) is 29.9 Å². The molecule has 0 radical (unpaired) electrons. The van der Waals surface area contributed by atoms with Gasteiger partial charge in [-0.15, -0.1) is 0 Å². The Bertz CT molecular complexity index is 839. The number of rotatable bonds is 5. The van der Waals surface area contributed by atoms with Crippen molar-refractivity contribution in [3.63, 3.8) is 0 Å². The van der Waals surface area contributed by atoms with Crippen molar-refractivity contribution in [3.05, 3.63) is 63.1 Å². The lowest BCUT2D eigenvalue weighted by Crippen LogP contribution is -2.31. The van der Waals surface area contributed by atoms with E-state index in [0.717, 1.165) is 22.9 Å². The second-order valence-electron chi connectivity index (χ2n) is 6.32. The number of urea groups is 1. The smallest absolute Gasteiger partial charge is 0.321 e. The van der Waals surface area contributed by atoms with Crippen LogP contribution >= 0.6 is 27.5 Å². The maximum atomic E-state index is 12.4. The Balaban J connectivity index is 1.66. The summed E-state index contributed by atoms with van der Waals surface area (Å²) in [7, 11) is 1.71. The van der Waals surface area contributed by atoms with E-state index in [9.17, 15) is 9.59 Å². The lowest BCUT2D eigenvalue weighted by atomic mass is 10.2. The highest BCUT2D eigenvalue weighted by atomic mass is 79.9. The molecule has 136 valence electrons. The van der Waals surface area contributed by atoms with Gasteiger partial charge in [0.15, 0.2) is 0 Å². The second kappa shape index (κ2) is 8.10. The molecule has 3 amide bonds. The van der Waals surface area contributed by atoms with Gasteiger partial charge in [0, 0.05) is 29.8 Å². The fraction of sp³-hybridized carbons (Fsp3) is 0.263. The van der Waals surface area contributed by atoms with Crippen molar-refractivity contribution in [1.82, 2.24) is 10.2 Å². The number of hydrogen-bond acceptors (Lipinski definition) is 2. The van der Waals surface area contributed by atoms with Gasteiger partial charge in [-0.25, -0.2) is 4.79 Å². The number of carbonyl (C=O) groups excluding carboxylic acids is 2. The van der Waals surface area contributed by atoms with Crippen LogP contribution in [0, 0.1) is 0 Å². The Morgan fingerprint density at radius 1 is 1.23 bits per heavy atom. The van der Waals surface area contributed by atoms with E-state index in [2.05, 4.69) is 26.6 Å². The zero-order valence-corrected chi connectivity index (χ0v) is 16.6. The summed E-state index contributed by atoms with van der Waals surface area (Å²) in [6.45, 7) is 0.454. The molecule has 0 spiro atoms. The first-order valence-corrected chi connectivity index (χ1v) is 9.47. The number of nitrogens with one attached hydrogen (secondary N) is 2. The van der Waals surface area contributed by atoms with Gasteiger partial charge in [-0.05, 0) is 42.7 Å². The predicted octanol–water partition coefficient (Wildman–Crippen LogP) is 4.66. The molecule has 0 unspecified atom stereocenters. The standard InChI is InChI=1S/C19H19BrClN3O2/c1-24(11-12-4-2-3-5-16(12)20)19(26)23-14-8-9-17(21)15(10-14)18(25)22-13-6-7-13/h2-5,8-10,13H,6-7,11H2,1H3,(H,22,25)(H,23,26). The van der Waals surface area contributed by atoms with Gasteiger partial charge in [-0.2, -0.15) is 0 Å². The van der Waals surface area contributed by atoms with Crippen molar-refractivity contribution >= 4 is 45.2 Å². The average Bonchev–Trinajstić information content (AvgIpc) is 3.42. The van der Waals surface area contributed by atoms with E-state index < -0.39 is 0 Å². The summed E-state index contributed by atoms with van der Waals surface area (Å²) in [4.78, 5) is 26.3. The van der Waals surface area contributed by atoms with Gasteiger partial charge < -0.3 is 15.5 Å². The van der Waals surface area contributed by atoms with E-state index in [0.29, 0.717) is 22.8 Å². The summed E-state index contributed by atoms with van der Waals surface area (Å²) >= 11 is 9.61. The van der Waals surface area contributed by atoms with E-state index in [1.54, 1.807) is 30.1 Å². The molecule has 26 heavy (non-hydrogen) atoms. The van der Waals surface area contributed by atoms with Gasteiger partial charge in [-0.1, -0.05) is 45.7 Å². The van der Waals surface area contributed by atoms with Gasteiger partial charge in [0.2, 0.25) is 0 Å².